The highest BCUT2D eigenvalue weighted by Crippen LogP contribution is 2.27. The van der Waals surface area contributed by atoms with Crippen LogP contribution < -0.4 is 10.1 Å². The molecule has 0 spiro atoms. The van der Waals surface area contributed by atoms with Crippen molar-refractivity contribution in [2.24, 2.45) is 5.92 Å². The first-order valence-electron chi connectivity index (χ1n) is 6.68. The van der Waals surface area contributed by atoms with Gasteiger partial charge in [0.25, 0.3) is 5.91 Å². The van der Waals surface area contributed by atoms with Crippen molar-refractivity contribution in [2.75, 3.05) is 6.61 Å². The molecule has 0 radical (unpaired) electrons. The van der Waals surface area contributed by atoms with Crippen molar-refractivity contribution in [2.45, 2.75) is 32.7 Å². The molecule has 0 atom stereocenters. The molecule has 1 aliphatic carbocycles. The summed E-state index contributed by atoms with van der Waals surface area (Å²) >= 11 is 0. The highest BCUT2D eigenvalue weighted by Gasteiger charge is 2.35. The minimum absolute atomic E-state index is 0.0352. The number of hydrogen-bond donors (Lipinski definition) is 2. The van der Waals surface area contributed by atoms with Gasteiger partial charge in [-0.25, -0.2) is 0 Å². The normalized spacial score (nSPS) is 20.9. The number of nitrogens with one attached hydrogen (secondary N) is 1. The molecule has 1 saturated carbocycles. The number of hydrogen-bond acceptors (Lipinski definition) is 3. The van der Waals surface area contributed by atoms with Gasteiger partial charge in [-0.2, -0.15) is 0 Å². The van der Waals surface area contributed by atoms with Gasteiger partial charge >= 0.3 is 5.97 Å². The molecule has 1 aliphatic rings. The first-order valence-corrected chi connectivity index (χ1v) is 6.68. The van der Waals surface area contributed by atoms with Crippen molar-refractivity contribution < 1.29 is 19.4 Å². The van der Waals surface area contributed by atoms with Gasteiger partial charge in [0, 0.05) is 6.04 Å². The Labute approximate surface area is 117 Å². The highest BCUT2D eigenvalue weighted by atomic mass is 16.5. The second-order valence-corrected chi connectivity index (χ2v) is 5.31. The summed E-state index contributed by atoms with van der Waals surface area (Å²) in [5.74, 6) is -0.653. The summed E-state index contributed by atoms with van der Waals surface area (Å²) in [5, 5.41) is 11.5. The zero-order chi connectivity index (χ0) is 14.7. The molecule has 1 amide bonds. The molecule has 0 aromatic heterocycles. The van der Waals surface area contributed by atoms with Crippen molar-refractivity contribution >= 4 is 11.9 Å². The predicted octanol–water partition coefficient (Wildman–Crippen LogP) is 1.66. The first kappa shape index (κ1) is 14.4. The largest absolute Gasteiger partial charge is 0.484 e. The third kappa shape index (κ3) is 3.50. The number of benzene rings is 1. The van der Waals surface area contributed by atoms with E-state index in [1.165, 1.54) is 5.56 Å². The summed E-state index contributed by atoms with van der Waals surface area (Å²) < 4.78 is 5.42. The van der Waals surface area contributed by atoms with Crippen molar-refractivity contribution in [3.8, 4) is 5.75 Å². The number of carbonyl (C=O) groups excluding carboxylic acids is 1. The summed E-state index contributed by atoms with van der Waals surface area (Å²) in [6.45, 7) is 3.96. The maximum Gasteiger partial charge on any atom is 0.306 e. The summed E-state index contributed by atoms with van der Waals surface area (Å²) in [6, 6.07) is 5.64. The van der Waals surface area contributed by atoms with Crippen molar-refractivity contribution in [1.82, 2.24) is 5.32 Å². The number of aliphatic carboxylic acids is 1. The summed E-state index contributed by atoms with van der Waals surface area (Å²) in [5.41, 5.74) is 2.29. The monoisotopic (exact) mass is 277 g/mol. The summed E-state index contributed by atoms with van der Waals surface area (Å²) in [6.07, 6.45) is 1.01. The van der Waals surface area contributed by atoms with E-state index in [9.17, 15) is 9.59 Å². The Morgan fingerprint density at radius 3 is 2.60 bits per heavy atom. The molecule has 0 aliphatic heterocycles. The van der Waals surface area contributed by atoms with Crippen LogP contribution in [0.5, 0.6) is 5.75 Å². The fraction of sp³-hybridized carbons (Fsp3) is 0.467. The predicted molar refractivity (Wildman–Crippen MR) is 73.7 cm³/mol. The van der Waals surface area contributed by atoms with E-state index in [1.54, 1.807) is 0 Å². The van der Waals surface area contributed by atoms with Gasteiger partial charge in [-0.1, -0.05) is 6.07 Å². The maximum atomic E-state index is 11.7. The first-order chi connectivity index (χ1) is 9.45. The van der Waals surface area contributed by atoms with Gasteiger partial charge in [-0.15, -0.1) is 0 Å². The van der Waals surface area contributed by atoms with E-state index < -0.39 is 5.97 Å². The lowest BCUT2D eigenvalue weighted by Gasteiger charge is -2.32. The van der Waals surface area contributed by atoms with Crippen LogP contribution in [0.15, 0.2) is 18.2 Å². The van der Waals surface area contributed by atoms with Gasteiger partial charge in [0.1, 0.15) is 5.75 Å². The molecule has 2 rings (SSSR count). The third-order valence-electron chi connectivity index (χ3n) is 3.70. The van der Waals surface area contributed by atoms with Crippen molar-refractivity contribution in [1.29, 1.82) is 0 Å². The van der Waals surface area contributed by atoms with Crippen LogP contribution in [-0.4, -0.2) is 29.6 Å². The van der Waals surface area contributed by atoms with E-state index in [0.717, 1.165) is 5.56 Å². The molecular weight excluding hydrogens is 258 g/mol. The number of ether oxygens (including phenoxy) is 1. The average Bonchev–Trinajstić information content (AvgIpc) is 2.34. The van der Waals surface area contributed by atoms with Gasteiger partial charge in [0.15, 0.2) is 6.61 Å². The SMILES string of the molecule is Cc1ccc(OCC(=O)NC2CC(C(=O)O)C2)cc1C. The zero-order valence-corrected chi connectivity index (χ0v) is 11.7. The molecule has 0 unspecified atom stereocenters. The molecule has 0 saturated heterocycles. The molecule has 108 valence electrons. The molecule has 2 N–H and O–H groups in total. The Morgan fingerprint density at radius 2 is 2.00 bits per heavy atom. The van der Waals surface area contributed by atoms with Gasteiger partial charge < -0.3 is 15.2 Å². The Morgan fingerprint density at radius 1 is 1.30 bits per heavy atom. The standard InChI is InChI=1S/C15H19NO4/c1-9-3-4-13(5-10(9)2)20-8-14(17)16-12-6-11(7-12)15(18)19/h3-5,11-12H,6-8H2,1-2H3,(H,16,17)(H,18,19). The van der Waals surface area contributed by atoms with Crippen LogP contribution in [0.1, 0.15) is 24.0 Å². The Bertz CT molecular complexity index is 521. The maximum absolute atomic E-state index is 11.7. The van der Waals surface area contributed by atoms with Gasteiger partial charge in [0.05, 0.1) is 5.92 Å². The van der Waals surface area contributed by atoms with Crippen LogP contribution in [-0.2, 0) is 9.59 Å². The van der Waals surface area contributed by atoms with Crippen molar-refractivity contribution in [3.63, 3.8) is 0 Å². The topological polar surface area (TPSA) is 75.6 Å². The fourth-order valence-corrected chi connectivity index (χ4v) is 2.16. The summed E-state index contributed by atoms with van der Waals surface area (Å²) in [4.78, 5) is 22.3. The fourth-order valence-electron chi connectivity index (χ4n) is 2.16. The second kappa shape index (κ2) is 5.94. The Balaban J connectivity index is 1.73. The average molecular weight is 277 g/mol. The quantitative estimate of drug-likeness (QED) is 0.858. The molecule has 5 nitrogen and oxygen atoms in total. The number of amides is 1. The number of aryl methyl sites for hydroxylation is 2. The Kier molecular flexibility index (Phi) is 4.27. The van der Waals surface area contributed by atoms with Crippen LogP contribution >= 0.6 is 0 Å². The van der Waals surface area contributed by atoms with E-state index >= 15 is 0 Å². The van der Waals surface area contributed by atoms with E-state index in [1.807, 2.05) is 32.0 Å². The van der Waals surface area contributed by atoms with Crippen LogP contribution in [0.4, 0.5) is 0 Å². The molecule has 0 bridgehead atoms. The lowest BCUT2D eigenvalue weighted by atomic mass is 9.80. The van der Waals surface area contributed by atoms with Crippen LogP contribution in [0.3, 0.4) is 0 Å². The van der Waals surface area contributed by atoms with Crippen LogP contribution in [0.2, 0.25) is 0 Å². The zero-order valence-electron chi connectivity index (χ0n) is 11.7. The van der Waals surface area contributed by atoms with E-state index in [0.29, 0.717) is 18.6 Å². The highest BCUT2D eigenvalue weighted by molar-refractivity contribution is 5.78. The molecule has 5 heteroatoms. The lowest BCUT2D eigenvalue weighted by Crippen LogP contribution is -2.48. The van der Waals surface area contributed by atoms with E-state index in [-0.39, 0.29) is 24.5 Å². The number of carboxylic acid groups (broad SMARTS) is 1. The third-order valence-corrected chi connectivity index (χ3v) is 3.70. The molecule has 1 fully saturated rings. The minimum Gasteiger partial charge on any atom is -0.484 e. The number of carboxylic acids is 1. The molecule has 1 aromatic rings. The van der Waals surface area contributed by atoms with Crippen LogP contribution in [0, 0.1) is 19.8 Å². The lowest BCUT2D eigenvalue weighted by molar-refractivity contribution is -0.146. The molecular formula is C15H19NO4. The van der Waals surface area contributed by atoms with Gasteiger partial charge in [0.2, 0.25) is 0 Å². The van der Waals surface area contributed by atoms with E-state index in [2.05, 4.69) is 5.32 Å². The smallest absolute Gasteiger partial charge is 0.306 e. The van der Waals surface area contributed by atoms with Gasteiger partial charge in [-0.3, -0.25) is 9.59 Å². The van der Waals surface area contributed by atoms with E-state index in [4.69, 9.17) is 9.84 Å². The molecule has 1 aromatic carbocycles. The van der Waals surface area contributed by atoms with Gasteiger partial charge in [-0.05, 0) is 49.9 Å². The molecule has 0 heterocycles. The number of rotatable bonds is 5. The minimum atomic E-state index is -0.790. The molecule has 20 heavy (non-hydrogen) atoms. The Hall–Kier alpha value is -2.04. The summed E-state index contributed by atoms with van der Waals surface area (Å²) in [7, 11) is 0. The van der Waals surface area contributed by atoms with Crippen LogP contribution in [0.25, 0.3) is 0 Å². The second-order valence-electron chi connectivity index (χ2n) is 5.31. The number of carbonyl (C=O) groups is 2. The van der Waals surface area contributed by atoms with Crippen molar-refractivity contribution in [3.05, 3.63) is 29.3 Å².